The van der Waals surface area contributed by atoms with Crippen LogP contribution in [0.25, 0.3) is 22.5 Å². The number of imidazole rings is 2. The van der Waals surface area contributed by atoms with E-state index >= 15 is 0 Å². The number of carbonyl (C=O) groups excluding carboxylic acids is 1. The van der Waals surface area contributed by atoms with Gasteiger partial charge in [0.05, 0.1) is 28.8 Å². The molecule has 2 aliphatic heterocycles. The van der Waals surface area contributed by atoms with Crippen LogP contribution in [0.5, 0.6) is 0 Å². The number of likely N-dealkylation sites (tertiary alicyclic amines) is 1. The second kappa shape index (κ2) is 19.0. The Hall–Kier alpha value is -5.95. The fourth-order valence-electron chi connectivity index (χ4n) is 6.52. The molecule has 0 unspecified atom stereocenters. The summed E-state index contributed by atoms with van der Waals surface area (Å²) >= 11 is 12.3. The monoisotopic (exact) mass is 834 g/mol. The number of amides is 1. The summed E-state index contributed by atoms with van der Waals surface area (Å²) in [5.74, 6) is 1.46. The van der Waals surface area contributed by atoms with E-state index in [9.17, 15) is 9.59 Å². The van der Waals surface area contributed by atoms with Crippen molar-refractivity contribution in [2.45, 2.75) is 39.5 Å². The van der Waals surface area contributed by atoms with E-state index in [1.165, 1.54) is 5.56 Å². The maximum Gasteiger partial charge on any atom is 0.335 e. The molecule has 0 aliphatic carbocycles. The Kier molecular flexibility index (Phi) is 14.1. The van der Waals surface area contributed by atoms with Crippen LogP contribution in [0.15, 0.2) is 84.9 Å². The topological polar surface area (TPSA) is 175 Å². The third-order valence-electron chi connectivity index (χ3n) is 10.0. The summed E-state index contributed by atoms with van der Waals surface area (Å²) in [5.41, 5.74) is 9.56. The number of H-pyrrole nitrogens is 2. The van der Waals surface area contributed by atoms with Crippen molar-refractivity contribution in [1.82, 2.24) is 30.2 Å². The van der Waals surface area contributed by atoms with Crippen molar-refractivity contribution in [3.05, 3.63) is 151 Å². The first-order valence-electron chi connectivity index (χ1n) is 18.2. The summed E-state index contributed by atoms with van der Waals surface area (Å²) in [4.78, 5) is 40.3. The molecule has 4 N–H and O–H groups in total. The summed E-state index contributed by atoms with van der Waals surface area (Å²) in [5, 5.41) is 30.6. The number of nitrogens with one attached hydrogen (secondary N) is 3. The molecule has 2 aliphatic rings. The number of benzene rings is 4. The van der Waals surface area contributed by atoms with E-state index < -0.39 is 5.97 Å². The molecule has 58 heavy (non-hydrogen) atoms. The molecule has 0 saturated carbocycles. The lowest BCUT2D eigenvalue weighted by molar-refractivity contribution is 0.0601. The van der Waals surface area contributed by atoms with Gasteiger partial charge >= 0.3 is 5.97 Å². The fourth-order valence-corrected chi connectivity index (χ4v) is 7.09. The highest BCUT2D eigenvalue weighted by Gasteiger charge is 2.32. The van der Waals surface area contributed by atoms with Crippen LogP contribution in [-0.4, -0.2) is 68.0 Å². The lowest BCUT2D eigenvalue weighted by Crippen LogP contribution is -2.48. The van der Waals surface area contributed by atoms with E-state index in [2.05, 4.69) is 37.4 Å². The van der Waals surface area contributed by atoms with Gasteiger partial charge in [0, 0.05) is 54.7 Å². The number of aryl methyl sites for hydroxylation is 4. The molecule has 296 valence electrons. The van der Waals surface area contributed by atoms with Crippen molar-refractivity contribution in [2.75, 3.05) is 26.2 Å². The largest absolute Gasteiger partial charge is 0.478 e. The minimum atomic E-state index is -0.963. The molecule has 4 heterocycles. The third-order valence-corrected chi connectivity index (χ3v) is 10.6. The van der Waals surface area contributed by atoms with Crippen molar-refractivity contribution in [3.8, 4) is 34.7 Å². The molecule has 1 amide bonds. The molecule has 2 fully saturated rings. The van der Waals surface area contributed by atoms with Crippen molar-refractivity contribution in [2.24, 2.45) is 0 Å². The van der Waals surface area contributed by atoms with E-state index in [0.717, 1.165) is 52.3 Å². The zero-order valence-corrected chi connectivity index (χ0v) is 34.6. The van der Waals surface area contributed by atoms with Gasteiger partial charge < -0.3 is 25.3 Å². The Morgan fingerprint density at radius 2 is 1.12 bits per heavy atom. The van der Waals surface area contributed by atoms with Crippen LogP contribution in [0.3, 0.4) is 0 Å². The normalized spacial score (nSPS) is 13.2. The van der Waals surface area contributed by atoms with Crippen molar-refractivity contribution in [1.29, 1.82) is 10.5 Å². The molecule has 8 rings (SSSR count). The first-order valence-corrected chi connectivity index (χ1v) is 19.0. The second-order valence-electron chi connectivity index (χ2n) is 14.1. The van der Waals surface area contributed by atoms with Crippen LogP contribution < -0.4 is 5.32 Å². The van der Waals surface area contributed by atoms with Crippen LogP contribution >= 0.6 is 35.6 Å². The molecule has 0 bridgehead atoms. The number of halogens is 3. The summed E-state index contributed by atoms with van der Waals surface area (Å²) in [6.07, 6.45) is 0. The molecule has 4 aromatic carbocycles. The minimum Gasteiger partial charge on any atom is -0.478 e. The maximum absolute atomic E-state index is 12.9. The highest BCUT2D eigenvalue weighted by molar-refractivity contribution is 6.32. The molecule has 0 atom stereocenters. The van der Waals surface area contributed by atoms with Gasteiger partial charge in [-0.2, -0.15) is 10.5 Å². The van der Waals surface area contributed by atoms with Crippen LogP contribution in [0.4, 0.5) is 0 Å². The highest BCUT2D eigenvalue weighted by atomic mass is 35.5. The van der Waals surface area contributed by atoms with Crippen molar-refractivity contribution < 1.29 is 14.7 Å². The first-order chi connectivity index (χ1) is 27.3. The van der Waals surface area contributed by atoms with E-state index in [1.807, 2.05) is 92.4 Å². The number of aromatic amines is 2. The van der Waals surface area contributed by atoms with E-state index in [4.69, 9.17) is 38.8 Å². The van der Waals surface area contributed by atoms with Crippen molar-refractivity contribution >= 4 is 47.5 Å². The molecule has 2 saturated heterocycles. The molecule has 2 aromatic heterocycles. The quantitative estimate of drug-likeness (QED) is 0.129. The number of nitrogens with zero attached hydrogens (tertiary/aromatic N) is 5. The average Bonchev–Trinajstić information content (AvgIpc) is 3.69. The summed E-state index contributed by atoms with van der Waals surface area (Å²) in [6, 6.07) is 30.2. The van der Waals surface area contributed by atoms with Crippen LogP contribution in [0, 0.1) is 50.4 Å². The number of rotatable bonds is 6. The Morgan fingerprint density at radius 3 is 1.50 bits per heavy atom. The number of hydrogen-bond acceptors (Lipinski definition) is 7. The van der Waals surface area contributed by atoms with Gasteiger partial charge in [0.15, 0.2) is 0 Å². The number of carbonyl (C=O) groups is 2. The van der Waals surface area contributed by atoms with Gasteiger partial charge in [0.2, 0.25) is 0 Å². The predicted octanol–water partition coefficient (Wildman–Crippen LogP) is 9.17. The van der Waals surface area contributed by atoms with E-state index in [1.54, 1.807) is 25.1 Å². The lowest BCUT2D eigenvalue weighted by atomic mass is 9.90. The van der Waals surface area contributed by atoms with E-state index in [0.29, 0.717) is 63.6 Å². The van der Waals surface area contributed by atoms with Gasteiger partial charge in [-0.3, -0.25) is 4.79 Å². The zero-order valence-electron chi connectivity index (χ0n) is 32.2. The number of aromatic nitrogens is 4. The number of aromatic carboxylic acids is 1. The number of carboxylic acid groups (broad SMARTS) is 1. The zero-order chi connectivity index (χ0) is 40.8. The predicted molar refractivity (Wildman–Crippen MR) is 228 cm³/mol. The van der Waals surface area contributed by atoms with Gasteiger partial charge in [-0.25, -0.2) is 14.8 Å². The van der Waals surface area contributed by atoms with Crippen LogP contribution in [-0.2, 0) is 0 Å². The Morgan fingerprint density at radius 1 is 0.690 bits per heavy atom. The molecule has 0 radical (unpaired) electrons. The first kappa shape index (κ1) is 43.2. The Labute approximate surface area is 353 Å². The molecule has 6 aromatic rings. The van der Waals surface area contributed by atoms with Gasteiger partial charge in [-0.05, 0) is 98.5 Å². The Balaban J connectivity index is 0.000000181. The average molecular weight is 836 g/mol. The smallest absolute Gasteiger partial charge is 0.335 e. The Bertz CT molecular complexity index is 2510. The van der Waals surface area contributed by atoms with Gasteiger partial charge in [0.1, 0.15) is 33.3 Å². The van der Waals surface area contributed by atoms with E-state index in [-0.39, 0.29) is 23.9 Å². The van der Waals surface area contributed by atoms with Crippen LogP contribution in [0.1, 0.15) is 77.6 Å². The number of nitriles is 2. The summed E-state index contributed by atoms with van der Waals surface area (Å²) < 4.78 is 0. The van der Waals surface area contributed by atoms with Gasteiger partial charge in [0.25, 0.3) is 5.91 Å². The minimum absolute atomic E-state index is 0. The molecular formula is C44H41Cl3N8O3. The van der Waals surface area contributed by atoms with Crippen molar-refractivity contribution in [3.63, 3.8) is 0 Å². The number of hydrogen-bond donors (Lipinski definition) is 4. The van der Waals surface area contributed by atoms with Crippen LogP contribution in [0.2, 0.25) is 10.3 Å². The molecular weight excluding hydrogens is 795 g/mol. The lowest BCUT2D eigenvalue weighted by Gasteiger charge is -2.39. The van der Waals surface area contributed by atoms with Gasteiger partial charge in [-0.1, -0.05) is 59.6 Å². The molecule has 0 spiro atoms. The summed E-state index contributed by atoms with van der Waals surface area (Å²) in [6.45, 7) is 11.0. The van der Waals surface area contributed by atoms with Gasteiger partial charge in [-0.15, -0.1) is 12.4 Å². The fraction of sp³-hybridized carbons (Fsp3) is 0.227. The highest BCUT2D eigenvalue weighted by Crippen LogP contribution is 2.33. The second-order valence-corrected chi connectivity index (χ2v) is 14.8. The summed E-state index contributed by atoms with van der Waals surface area (Å²) in [7, 11) is 0. The molecule has 11 nitrogen and oxygen atoms in total. The SMILES string of the molecule is Cc1nc(-c2cc(C(=O)N3CC(c4ccc(C#N)cc4)C3)ccc2C)c(Cl)[nH]1.Cc1nc(-c2cc(C(=O)O)ccc2C)c(Cl)[nH]1.Cl.N#Cc1ccc(C2CNC2)cc1. The molecule has 14 heteroatoms. The number of carboxylic acids is 1. The maximum atomic E-state index is 12.9. The third kappa shape index (κ3) is 9.94. The standard InChI is InChI=1S/C22H19ClN4O.C12H11ClN2O2.C10H10N2.ClH/c1-13-3-6-17(9-19(13)20-21(23)26-14(2)25-20)22(28)27-11-18(12-27)16-7-4-15(10-24)5-8-16;1-6-3-4-8(12(16)17)5-9(6)10-11(13)15-7(2)14-10;11-5-8-1-3-9(4-2-8)10-6-12-7-10;/h3-9,18H,11-12H2,1-2H3,(H,25,26);3-5H,1-2H3,(H,14,15)(H,16,17);1-4,10,12H,6-7H2;1H.